The number of hydrogen-bond acceptors (Lipinski definition) is 8. The molecule has 2 aromatic rings. The number of nitrogens with zero attached hydrogens (tertiary/aromatic N) is 4. The Hall–Kier alpha value is -2.53. The van der Waals surface area contributed by atoms with Crippen molar-refractivity contribution in [3.63, 3.8) is 0 Å². The van der Waals surface area contributed by atoms with Gasteiger partial charge in [0.1, 0.15) is 17.6 Å². The van der Waals surface area contributed by atoms with Crippen LogP contribution >= 0.6 is 11.3 Å². The van der Waals surface area contributed by atoms with Gasteiger partial charge in [0.15, 0.2) is 10.8 Å². The molecule has 3 fully saturated rings. The number of fused-ring (bicyclic) bond motifs is 1. The van der Waals surface area contributed by atoms with Crippen molar-refractivity contribution < 1.29 is 14.3 Å². The predicted molar refractivity (Wildman–Crippen MR) is 120 cm³/mol. The summed E-state index contributed by atoms with van der Waals surface area (Å²) < 4.78 is 7.28. The molecule has 0 spiro atoms. The third-order valence-electron chi connectivity index (χ3n) is 6.30. The first kappa shape index (κ1) is 21.3. The molecule has 2 saturated heterocycles. The normalized spacial score (nSPS) is 21.8. The number of nitrogens with one attached hydrogen (secondary N) is 2. The molecule has 3 aliphatic rings. The zero-order valence-corrected chi connectivity index (χ0v) is 18.7. The van der Waals surface area contributed by atoms with Gasteiger partial charge < -0.3 is 20.3 Å². The number of thiazole rings is 1. The standard InChI is InChI=1S/C21H28N6O4S/c28-16(22-10-15-2-1-9-31-15)11-27-12-23-18-17(20(27)30)32-21(25-18)26-7-5-13(6-8-26)19(29)24-14-3-4-14/h12-15H,1-11H2,(H,22,28)(H,24,29)/t15-/m0/s1. The molecule has 32 heavy (non-hydrogen) atoms. The molecule has 2 N–H and O–H groups in total. The number of ether oxygens (including phenoxy) is 1. The van der Waals surface area contributed by atoms with Gasteiger partial charge in [0.05, 0.1) is 6.10 Å². The van der Waals surface area contributed by atoms with Crippen LogP contribution in [0.2, 0.25) is 0 Å². The van der Waals surface area contributed by atoms with Crippen molar-refractivity contribution in [1.29, 1.82) is 0 Å². The molecule has 0 aromatic carbocycles. The van der Waals surface area contributed by atoms with Gasteiger partial charge in [0.2, 0.25) is 11.8 Å². The molecular formula is C21H28N6O4S. The average Bonchev–Trinajstić information content (AvgIpc) is 3.27. The number of rotatable bonds is 7. The highest BCUT2D eigenvalue weighted by Gasteiger charge is 2.31. The fraction of sp³-hybridized carbons (Fsp3) is 0.667. The zero-order chi connectivity index (χ0) is 22.1. The maximum atomic E-state index is 12.9. The molecule has 10 nitrogen and oxygen atoms in total. The number of carbonyl (C=O) groups excluding carboxylic acids is 2. The Kier molecular flexibility index (Phi) is 6.09. The Balaban J connectivity index is 1.20. The van der Waals surface area contributed by atoms with E-state index in [0.717, 1.165) is 63.4 Å². The van der Waals surface area contributed by atoms with Crippen LogP contribution < -0.4 is 21.1 Å². The highest BCUT2D eigenvalue weighted by molar-refractivity contribution is 7.22. The van der Waals surface area contributed by atoms with Gasteiger partial charge in [-0.15, -0.1) is 0 Å². The van der Waals surface area contributed by atoms with E-state index in [1.54, 1.807) is 0 Å². The number of aromatic nitrogens is 3. The summed E-state index contributed by atoms with van der Waals surface area (Å²) in [5, 5.41) is 6.66. The lowest BCUT2D eigenvalue weighted by atomic mass is 9.96. The molecule has 1 aliphatic carbocycles. The molecule has 0 bridgehead atoms. The van der Waals surface area contributed by atoms with Gasteiger partial charge in [-0.1, -0.05) is 11.3 Å². The molecule has 1 saturated carbocycles. The second kappa shape index (κ2) is 9.14. The third-order valence-corrected chi connectivity index (χ3v) is 7.39. The summed E-state index contributed by atoms with van der Waals surface area (Å²) in [6.45, 7) is 2.57. The second-order valence-electron chi connectivity index (χ2n) is 8.81. The summed E-state index contributed by atoms with van der Waals surface area (Å²) in [7, 11) is 0. The quantitative estimate of drug-likeness (QED) is 0.623. The van der Waals surface area contributed by atoms with Crippen LogP contribution in [0.25, 0.3) is 10.3 Å². The van der Waals surface area contributed by atoms with Crippen molar-refractivity contribution in [2.75, 3.05) is 31.1 Å². The van der Waals surface area contributed by atoms with Crippen LogP contribution in [0.5, 0.6) is 0 Å². The maximum Gasteiger partial charge on any atom is 0.273 e. The Bertz CT molecular complexity index is 1050. The van der Waals surface area contributed by atoms with Crippen molar-refractivity contribution in [3.05, 3.63) is 16.7 Å². The van der Waals surface area contributed by atoms with Crippen molar-refractivity contribution >= 4 is 38.6 Å². The molecule has 0 radical (unpaired) electrons. The van der Waals surface area contributed by atoms with E-state index >= 15 is 0 Å². The highest BCUT2D eigenvalue weighted by atomic mass is 32.1. The van der Waals surface area contributed by atoms with E-state index in [2.05, 4.69) is 25.5 Å². The van der Waals surface area contributed by atoms with Crippen molar-refractivity contribution in [2.24, 2.45) is 5.92 Å². The van der Waals surface area contributed by atoms with Gasteiger partial charge in [-0.25, -0.2) is 4.98 Å². The lowest BCUT2D eigenvalue weighted by Crippen LogP contribution is -2.41. The van der Waals surface area contributed by atoms with E-state index in [0.29, 0.717) is 22.9 Å². The molecule has 11 heteroatoms. The maximum absolute atomic E-state index is 12.9. The van der Waals surface area contributed by atoms with Crippen molar-refractivity contribution in [3.8, 4) is 0 Å². The molecule has 1 atom stereocenters. The lowest BCUT2D eigenvalue weighted by Gasteiger charge is -2.30. The summed E-state index contributed by atoms with van der Waals surface area (Å²) >= 11 is 1.30. The topological polar surface area (TPSA) is 118 Å². The number of hydrogen-bond donors (Lipinski definition) is 2. The first-order chi connectivity index (χ1) is 15.6. The van der Waals surface area contributed by atoms with Crippen LogP contribution in [-0.4, -0.2) is 64.7 Å². The van der Waals surface area contributed by atoms with Gasteiger partial charge in [-0.3, -0.25) is 19.0 Å². The smallest absolute Gasteiger partial charge is 0.273 e. The molecule has 2 amide bonds. The highest BCUT2D eigenvalue weighted by Crippen LogP contribution is 2.30. The van der Waals surface area contributed by atoms with E-state index in [1.165, 1.54) is 22.2 Å². The van der Waals surface area contributed by atoms with Gasteiger partial charge >= 0.3 is 0 Å². The Morgan fingerprint density at radius 2 is 2.00 bits per heavy atom. The van der Waals surface area contributed by atoms with Gasteiger partial charge in [-0.05, 0) is 38.5 Å². The van der Waals surface area contributed by atoms with Crippen LogP contribution in [0.1, 0.15) is 38.5 Å². The van der Waals surface area contributed by atoms with Gasteiger partial charge in [-0.2, -0.15) is 4.98 Å². The SMILES string of the molecule is O=C(Cn1cnc2nc(N3CCC(C(=O)NC4CC4)CC3)sc2c1=O)NC[C@@H]1CCCO1. The van der Waals surface area contributed by atoms with Crippen LogP contribution in [0.15, 0.2) is 11.1 Å². The molecule has 0 unspecified atom stereocenters. The first-order valence-corrected chi connectivity index (χ1v) is 12.2. The lowest BCUT2D eigenvalue weighted by molar-refractivity contribution is -0.125. The van der Waals surface area contributed by atoms with Crippen LogP contribution in [0.3, 0.4) is 0 Å². The monoisotopic (exact) mass is 460 g/mol. The third kappa shape index (κ3) is 4.78. The molecule has 2 aliphatic heterocycles. The Morgan fingerprint density at radius 3 is 2.72 bits per heavy atom. The Morgan fingerprint density at radius 1 is 1.19 bits per heavy atom. The number of anilines is 1. The minimum absolute atomic E-state index is 0.0460. The summed E-state index contributed by atoms with van der Waals surface area (Å²) in [4.78, 5) is 48.4. The zero-order valence-electron chi connectivity index (χ0n) is 17.9. The Labute approximate surface area is 189 Å². The van der Waals surface area contributed by atoms with Crippen molar-refractivity contribution in [1.82, 2.24) is 25.2 Å². The fourth-order valence-corrected chi connectivity index (χ4v) is 5.23. The van der Waals surface area contributed by atoms with Gasteiger partial charge in [0, 0.05) is 38.2 Å². The molecule has 5 rings (SSSR count). The minimum atomic E-state index is -0.260. The van der Waals surface area contributed by atoms with Crippen LogP contribution in [0, 0.1) is 5.92 Å². The number of amides is 2. The molecular weight excluding hydrogens is 432 g/mol. The van der Waals surface area contributed by atoms with E-state index < -0.39 is 0 Å². The predicted octanol–water partition coefficient (Wildman–Crippen LogP) is 0.643. The van der Waals surface area contributed by atoms with E-state index in [1.807, 2.05) is 0 Å². The largest absolute Gasteiger partial charge is 0.376 e. The summed E-state index contributed by atoms with van der Waals surface area (Å²) in [5.74, 6) is -0.0245. The first-order valence-electron chi connectivity index (χ1n) is 11.4. The van der Waals surface area contributed by atoms with Crippen molar-refractivity contribution in [2.45, 2.75) is 57.2 Å². The summed E-state index contributed by atoms with van der Waals surface area (Å²) in [5.41, 5.74) is 0.143. The fourth-order valence-electron chi connectivity index (χ4n) is 4.21. The second-order valence-corrected chi connectivity index (χ2v) is 9.79. The molecule has 4 heterocycles. The van der Waals surface area contributed by atoms with E-state index in [9.17, 15) is 14.4 Å². The van der Waals surface area contributed by atoms with Gasteiger partial charge in [0.25, 0.3) is 5.56 Å². The minimum Gasteiger partial charge on any atom is -0.376 e. The molecule has 172 valence electrons. The van der Waals surface area contributed by atoms with E-state index in [4.69, 9.17) is 4.74 Å². The number of carbonyl (C=O) groups is 2. The summed E-state index contributed by atoms with van der Waals surface area (Å²) in [6.07, 6.45) is 7.14. The van der Waals surface area contributed by atoms with Crippen LogP contribution in [0.4, 0.5) is 5.13 Å². The average molecular weight is 461 g/mol. The summed E-state index contributed by atoms with van der Waals surface area (Å²) in [6, 6.07) is 0.385. The number of piperidine rings is 1. The van der Waals surface area contributed by atoms with Crippen LogP contribution in [-0.2, 0) is 20.9 Å². The molecule has 2 aromatic heterocycles. The van der Waals surface area contributed by atoms with E-state index in [-0.39, 0.29) is 35.9 Å².